The molecule has 1 unspecified atom stereocenters. The number of carbonyl (C=O) groups excluding carboxylic acids is 2. The third-order valence-corrected chi connectivity index (χ3v) is 2.72. The van der Waals surface area contributed by atoms with Gasteiger partial charge in [0.25, 0.3) is 0 Å². The van der Waals surface area contributed by atoms with Crippen molar-refractivity contribution in [3.63, 3.8) is 0 Å². The van der Waals surface area contributed by atoms with Crippen molar-refractivity contribution in [2.45, 2.75) is 12.3 Å². The molecule has 0 aromatic heterocycles. The molecule has 0 saturated heterocycles. The highest BCUT2D eigenvalue weighted by molar-refractivity contribution is 7.88. The molecule has 1 amide bonds. The Balaban J connectivity index is 4.19. The predicted molar refractivity (Wildman–Crippen MR) is 58.7 cm³/mol. The minimum atomic E-state index is -4.11. The third kappa shape index (κ3) is 6.97. The fourth-order valence-electron chi connectivity index (χ4n) is 0.700. The number of hydrogen-bond donors (Lipinski definition) is 2. The maximum Gasteiger partial charge on any atom is 0.421 e. The molecule has 0 aromatic rings. The van der Waals surface area contributed by atoms with E-state index in [1.165, 1.54) is 6.92 Å². The summed E-state index contributed by atoms with van der Waals surface area (Å²) in [5.74, 6) is -0.787. The molecule has 0 aliphatic rings. The first-order chi connectivity index (χ1) is 7.82. The molecule has 0 aliphatic carbocycles. The highest BCUT2D eigenvalue weighted by atomic mass is 35.5. The third-order valence-electron chi connectivity index (χ3n) is 1.40. The Bertz CT molecular complexity index is 371. The van der Waals surface area contributed by atoms with Crippen molar-refractivity contribution < 1.29 is 27.5 Å². The summed E-state index contributed by atoms with van der Waals surface area (Å²) in [6, 6.07) is 0. The zero-order valence-electron chi connectivity index (χ0n) is 9.23. The molecule has 100 valence electrons. The molecule has 2 N–H and O–H groups in total. The number of ether oxygens (including phenoxy) is 2. The topological polar surface area (TPSA) is 111 Å². The maximum absolute atomic E-state index is 11.2. The number of hydrogen-bond acceptors (Lipinski definition) is 6. The summed E-state index contributed by atoms with van der Waals surface area (Å²) in [5.41, 5.74) is 0. The molecular formula is C7H13ClN2O6S. The van der Waals surface area contributed by atoms with Crippen molar-refractivity contribution in [3.8, 4) is 0 Å². The van der Waals surface area contributed by atoms with Gasteiger partial charge in [0.05, 0.1) is 13.7 Å². The number of carbonyl (C=O) groups is 2. The molecule has 17 heavy (non-hydrogen) atoms. The van der Waals surface area contributed by atoms with Crippen LogP contribution in [-0.2, 0) is 24.5 Å². The van der Waals surface area contributed by atoms with Gasteiger partial charge in [0.15, 0.2) is 0 Å². The van der Waals surface area contributed by atoms with Crippen LogP contribution in [0.5, 0.6) is 0 Å². The van der Waals surface area contributed by atoms with Crippen molar-refractivity contribution in [2.75, 3.05) is 20.3 Å². The van der Waals surface area contributed by atoms with E-state index in [1.807, 2.05) is 4.72 Å². The normalized spacial score (nSPS) is 12.6. The number of nitrogens with one attached hydrogen (secondary N) is 2. The predicted octanol–water partition coefficient (Wildman–Crippen LogP) is -0.653. The fourth-order valence-corrected chi connectivity index (χ4v) is 1.69. The highest BCUT2D eigenvalue weighted by Crippen LogP contribution is 1.97. The molecule has 0 spiro atoms. The fraction of sp³-hybridized carbons (Fsp3) is 0.714. The van der Waals surface area contributed by atoms with Crippen molar-refractivity contribution >= 4 is 33.9 Å². The largest absolute Gasteiger partial charge is 0.468 e. The number of alkyl halides is 1. The summed E-state index contributed by atoms with van der Waals surface area (Å²) in [4.78, 5) is 21.7. The van der Waals surface area contributed by atoms with Crippen LogP contribution in [-0.4, -0.2) is 46.1 Å². The number of rotatable bonds is 6. The van der Waals surface area contributed by atoms with Gasteiger partial charge in [-0.3, -0.25) is 4.79 Å². The van der Waals surface area contributed by atoms with E-state index >= 15 is 0 Å². The molecule has 0 aliphatic heterocycles. The van der Waals surface area contributed by atoms with Gasteiger partial charge in [0, 0.05) is 6.54 Å². The molecule has 10 heteroatoms. The van der Waals surface area contributed by atoms with E-state index in [0.29, 0.717) is 0 Å². The van der Waals surface area contributed by atoms with Crippen LogP contribution in [0.1, 0.15) is 6.92 Å². The summed E-state index contributed by atoms with van der Waals surface area (Å²) in [6.07, 6.45) is -1.12. The van der Waals surface area contributed by atoms with Crippen LogP contribution in [0.25, 0.3) is 0 Å². The molecule has 0 aromatic carbocycles. The Hall–Kier alpha value is -1.06. The number of halogens is 1. The van der Waals surface area contributed by atoms with Crippen LogP contribution in [0.2, 0.25) is 0 Å². The minimum absolute atomic E-state index is 0.0294. The molecule has 0 heterocycles. The molecule has 0 bridgehead atoms. The SMILES string of the molecule is CCOC(=O)NS(=O)(=O)NCC(Cl)C(=O)OC. The van der Waals surface area contributed by atoms with Gasteiger partial charge >= 0.3 is 22.3 Å². The van der Waals surface area contributed by atoms with Gasteiger partial charge in [-0.05, 0) is 6.92 Å². The van der Waals surface area contributed by atoms with Crippen molar-refractivity contribution in [1.82, 2.24) is 9.44 Å². The Morgan fingerprint density at radius 1 is 1.41 bits per heavy atom. The second-order valence-corrected chi connectivity index (χ2v) is 4.69. The van der Waals surface area contributed by atoms with Crippen LogP contribution in [0.15, 0.2) is 0 Å². The lowest BCUT2D eigenvalue weighted by atomic mass is 10.4. The summed E-state index contributed by atoms with van der Waals surface area (Å²) in [7, 11) is -2.99. The quantitative estimate of drug-likeness (QED) is 0.496. The molecule has 0 rings (SSSR count). The maximum atomic E-state index is 11.2. The highest BCUT2D eigenvalue weighted by Gasteiger charge is 2.20. The lowest BCUT2D eigenvalue weighted by Crippen LogP contribution is -2.43. The summed E-state index contributed by atoms with van der Waals surface area (Å²) < 4.78 is 34.5. The Kier molecular flexibility index (Phi) is 6.85. The van der Waals surface area contributed by atoms with Gasteiger partial charge in [-0.1, -0.05) is 0 Å². The number of esters is 1. The van der Waals surface area contributed by atoms with Crippen molar-refractivity contribution in [2.24, 2.45) is 0 Å². The molecule has 0 saturated carbocycles. The molecule has 8 nitrogen and oxygen atoms in total. The van der Waals surface area contributed by atoms with Crippen LogP contribution in [0, 0.1) is 0 Å². The zero-order chi connectivity index (χ0) is 13.5. The van der Waals surface area contributed by atoms with E-state index in [1.54, 1.807) is 4.72 Å². The van der Waals surface area contributed by atoms with E-state index in [0.717, 1.165) is 7.11 Å². The molecule has 0 radical (unpaired) electrons. The van der Waals surface area contributed by atoms with Crippen LogP contribution >= 0.6 is 11.6 Å². The summed E-state index contributed by atoms with van der Waals surface area (Å²) in [5, 5.41) is -1.18. The second kappa shape index (κ2) is 7.30. The summed E-state index contributed by atoms with van der Waals surface area (Å²) >= 11 is 5.49. The van der Waals surface area contributed by atoms with E-state index in [-0.39, 0.29) is 6.61 Å². The van der Waals surface area contributed by atoms with Crippen LogP contribution < -0.4 is 9.44 Å². The van der Waals surface area contributed by atoms with Crippen molar-refractivity contribution in [3.05, 3.63) is 0 Å². The molecular weight excluding hydrogens is 276 g/mol. The second-order valence-electron chi connectivity index (χ2n) is 2.67. The average molecular weight is 289 g/mol. The molecule has 0 fully saturated rings. The molecule has 1 atom stereocenters. The number of amides is 1. The minimum Gasteiger partial charge on any atom is -0.468 e. The van der Waals surface area contributed by atoms with Gasteiger partial charge in [-0.15, -0.1) is 11.6 Å². The standard InChI is InChI=1S/C7H13ClN2O6S/c1-3-16-7(12)10-17(13,14)9-4-5(8)6(11)15-2/h5,9H,3-4H2,1-2H3,(H,10,12). The smallest absolute Gasteiger partial charge is 0.421 e. The van der Waals surface area contributed by atoms with Gasteiger partial charge in [-0.25, -0.2) is 9.52 Å². The van der Waals surface area contributed by atoms with Crippen LogP contribution in [0.4, 0.5) is 4.79 Å². The Morgan fingerprint density at radius 2 is 2.00 bits per heavy atom. The first-order valence-corrected chi connectivity index (χ1v) is 6.40. The van der Waals surface area contributed by atoms with E-state index in [4.69, 9.17) is 11.6 Å². The lowest BCUT2D eigenvalue weighted by molar-refractivity contribution is -0.140. The van der Waals surface area contributed by atoms with Crippen LogP contribution in [0.3, 0.4) is 0 Å². The van der Waals surface area contributed by atoms with Gasteiger partial charge in [0.2, 0.25) is 0 Å². The first-order valence-electron chi connectivity index (χ1n) is 4.48. The first kappa shape index (κ1) is 15.9. The van der Waals surface area contributed by atoms with Gasteiger partial charge < -0.3 is 9.47 Å². The van der Waals surface area contributed by atoms with Gasteiger partial charge in [0.1, 0.15) is 5.38 Å². The monoisotopic (exact) mass is 288 g/mol. The van der Waals surface area contributed by atoms with E-state index in [2.05, 4.69) is 9.47 Å². The number of methoxy groups -OCH3 is 1. The van der Waals surface area contributed by atoms with E-state index < -0.39 is 34.2 Å². The summed E-state index contributed by atoms with van der Waals surface area (Å²) in [6.45, 7) is 1.14. The Labute approximate surface area is 104 Å². The lowest BCUT2D eigenvalue weighted by Gasteiger charge is -2.10. The zero-order valence-corrected chi connectivity index (χ0v) is 10.8. The van der Waals surface area contributed by atoms with Crippen molar-refractivity contribution in [1.29, 1.82) is 0 Å². The Morgan fingerprint density at radius 3 is 2.47 bits per heavy atom. The van der Waals surface area contributed by atoms with E-state index in [9.17, 15) is 18.0 Å². The van der Waals surface area contributed by atoms with Gasteiger partial charge in [-0.2, -0.15) is 13.1 Å². The average Bonchev–Trinajstić information content (AvgIpc) is 2.24.